The second kappa shape index (κ2) is 4.94. The summed E-state index contributed by atoms with van der Waals surface area (Å²) in [5.74, 6) is 0.346. The van der Waals surface area contributed by atoms with Gasteiger partial charge in [0.25, 0.3) is 0 Å². The third-order valence-electron chi connectivity index (χ3n) is 4.27. The van der Waals surface area contributed by atoms with Crippen LogP contribution in [-0.4, -0.2) is 42.1 Å². The zero-order chi connectivity index (χ0) is 13.4. The van der Waals surface area contributed by atoms with E-state index in [0.29, 0.717) is 6.54 Å². The highest BCUT2D eigenvalue weighted by molar-refractivity contribution is 5.80. The normalized spacial score (nSPS) is 33.8. The summed E-state index contributed by atoms with van der Waals surface area (Å²) in [6, 6.07) is 0. The number of nitrogens with zero attached hydrogens (tertiary/aromatic N) is 1. The highest BCUT2D eigenvalue weighted by atomic mass is 16.5. The van der Waals surface area contributed by atoms with E-state index in [0.717, 1.165) is 0 Å². The maximum absolute atomic E-state index is 12.5. The standard InChI is InChI=1S/C13H26N2O2/c1-8-9(2)17-10(3)11(8)12(16)15(6)13(4,5)7-14/h8-11H,7,14H2,1-6H3. The van der Waals surface area contributed by atoms with Gasteiger partial charge in [0, 0.05) is 19.1 Å². The average Bonchev–Trinajstić information content (AvgIpc) is 2.51. The molecule has 0 spiro atoms. The number of ether oxygens (including phenoxy) is 1. The maximum atomic E-state index is 12.5. The van der Waals surface area contributed by atoms with E-state index in [4.69, 9.17) is 10.5 Å². The molecule has 0 aromatic carbocycles. The van der Waals surface area contributed by atoms with Crippen LogP contribution in [0.2, 0.25) is 0 Å². The fourth-order valence-electron chi connectivity index (χ4n) is 2.35. The largest absolute Gasteiger partial charge is 0.374 e. The van der Waals surface area contributed by atoms with Gasteiger partial charge in [0.2, 0.25) is 5.91 Å². The Kier molecular flexibility index (Phi) is 4.20. The molecule has 4 atom stereocenters. The second-order valence-corrected chi connectivity index (χ2v) is 5.85. The highest BCUT2D eigenvalue weighted by Gasteiger charge is 2.44. The molecule has 1 heterocycles. The van der Waals surface area contributed by atoms with E-state index in [1.54, 1.807) is 4.90 Å². The smallest absolute Gasteiger partial charge is 0.228 e. The number of likely N-dealkylation sites (N-methyl/N-ethyl adjacent to an activating group) is 1. The molecule has 1 fully saturated rings. The van der Waals surface area contributed by atoms with Crippen LogP contribution in [0.5, 0.6) is 0 Å². The van der Waals surface area contributed by atoms with Gasteiger partial charge in [-0.1, -0.05) is 6.92 Å². The van der Waals surface area contributed by atoms with Crippen LogP contribution in [0, 0.1) is 11.8 Å². The van der Waals surface area contributed by atoms with Gasteiger partial charge in [0.05, 0.1) is 18.1 Å². The second-order valence-electron chi connectivity index (χ2n) is 5.85. The topological polar surface area (TPSA) is 55.6 Å². The molecule has 0 radical (unpaired) electrons. The molecule has 0 aromatic rings. The minimum atomic E-state index is -0.303. The molecule has 1 aliphatic heterocycles. The Morgan fingerprint density at radius 1 is 1.29 bits per heavy atom. The summed E-state index contributed by atoms with van der Waals surface area (Å²) in [7, 11) is 1.83. The maximum Gasteiger partial charge on any atom is 0.228 e. The Hall–Kier alpha value is -0.610. The number of carbonyl (C=O) groups excluding carboxylic acids is 1. The highest BCUT2D eigenvalue weighted by Crippen LogP contribution is 2.34. The summed E-state index contributed by atoms with van der Waals surface area (Å²) < 4.78 is 5.72. The molecule has 0 aromatic heterocycles. The van der Waals surface area contributed by atoms with Crippen molar-refractivity contribution in [1.82, 2.24) is 4.90 Å². The monoisotopic (exact) mass is 242 g/mol. The van der Waals surface area contributed by atoms with E-state index >= 15 is 0 Å². The number of amides is 1. The molecule has 1 aliphatic rings. The predicted octanol–water partition coefficient (Wildman–Crippen LogP) is 1.24. The lowest BCUT2D eigenvalue weighted by Gasteiger charge is -2.37. The Labute approximate surface area is 104 Å². The first kappa shape index (κ1) is 14.5. The van der Waals surface area contributed by atoms with Crippen LogP contribution in [-0.2, 0) is 9.53 Å². The number of hydrogen-bond acceptors (Lipinski definition) is 3. The summed E-state index contributed by atoms with van der Waals surface area (Å²) in [5.41, 5.74) is 5.41. The molecule has 17 heavy (non-hydrogen) atoms. The number of carbonyl (C=O) groups is 1. The van der Waals surface area contributed by atoms with Crippen molar-refractivity contribution in [2.24, 2.45) is 17.6 Å². The summed E-state index contributed by atoms with van der Waals surface area (Å²) in [6.07, 6.45) is 0.136. The lowest BCUT2D eigenvalue weighted by Crippen LogP contribution is -2.53. The average molecular weight is 242 g/mol. The van der Waals surface area contributed by atoms with Gasteiger partial charge in [-0.25, -0.2) is 0 Å². The van der Waals surface area contributed by atoms with E-state index in [-0.39, 0.29) is 35.5 Å². The number of rotatable bonds is 3. The molecular weight excluding hydrogens is 216 g/mol. The predicted molar refractivity (Wildman–Crippen MR) is 68.6 cm³/mol. The van der Waals surface area contributed by atoms with Crippen molar-refractivity contribution in [3.8, 4) is 0 Å². The minimum Gasteiger partial charge on any atom is -0.374 e. The first-order valence-corrected chi connectivity index (χ1v) is 6.35. The van der Waals surface area contributed by atoms with Crippen LogP contribution < -0.4 is 5.73 Å². The van der Waals surface area contributed by atoms with Crippen LogP contribution in [0.3, 0.4) is 0 Å². The molecule has 0 saturated carbocycles. The molecule has 1 amide bonds. The van der Waals surface area contributed by atoms with Gasteiger partial charge >= 0.3 is 0 Å². The summed E-state index contributed by atoms with van der Waals surface area (Å²) >= 11 is 0. The van der Waals surface area contributed by atoms with Crippen LogP contribution >= 0.6 is 0 Å². The number of nitrogens with two attached hydrogens (primary N) is 1. The molecule has 2 N–H and O–H groups in total. The van der Waals surface area contributed by atoms with E-state index in [1.165, 1.54) is 0 Å². The van der Waals surface area contributed by atoms with Gasteiger partial charge in [-0.15, -0.1) is 0 Å². The Morgan fingerprint density at radius 2 is 1.82 bits per heavy atom. The lowest BCUT2D eigenvalue weighted by atomic mass is 9.87. The van der Waals surface area contributed by atoms with Crippen molar-refractivity contribution < 1.29 is 9.53 Å². The van der Waals surface area contributed by atoms with Crippen LogP contribution in [0.4, 0.5) is 0 Å². The fourth-order valence-corrected chi connectivity index (χ4v) is 2.35. The zero-order valence-corrected chi connectivity index (χ0v) is 11.9. The van der Waals surface area contributed by atoms with Gasteiger partial charge < -0.3 is 15.4 Å². The quantitative estimate of drug-likeness (QED) is 0.810. The summed E-state index contributed by atoms with van der Waals surface area (Å²) in [6.45, 7) is 10.5. The molecule has 1 saturated heterocycles. The minimum absolute atomic E-state index is 0.0106. The third-order valence-corrected chi connectivity index (χ3v) is 4.27. The van der Waals surface area contributed by atoms with Gasteiger partial charge in [0.1, 0.15) is 0 Å². The van der Waals surface area contributed by atoms with Gasteiger partial charge in [0.15, 0.2) is 0 Å². The Morgan fingerprint density at radius 3 is 2.18 bits per heavy atom. The molecule has 4 heteroatoms. The molecule has 4 unspecified atom stereocenters. The van der Waals surface area contributed by atoms with Crippen molar-refractivity contribution in [2.45, 2.75) is 52.4 Å². The first-order chi connectivity index (χ1) is 7.72. The van der Waals surface area contributed by atoms with Crippen molar-refractivity contribution in [3.63, 3.8) is 0 Å². The molecule has 100 valence electrons. The SMILES string of the molecule is CC1OC(C)C(C(=O)N(C)C(C)(C)CN)C1C. The lowest BCUT2D eigenvalue weighted by molar-refractivity contribution is -0.141. The van der Waals surface area contributed by atoms with Crippen molar-refractivity contribution in [3.05, 3.63) is 0 Å². The summed E-state index contributed by atoms with van der Waals surface area (Å²) in [5, 5.41) is 0. The van der Waals surface area contributed by atoms with E-state index in [2.05, 4.69) is 6.92 Å². The van der Waals surface area contributed by atoms with Crippen molar-refractivity contribution in [1.29, 1.82) is 0 Å². The molecular formula is C13H26N2O2. The summed E-state index contributed by atoms with van der Waals surface area (Å²) in [4.78, 5) is 14.3. The van der Waals surface area contributed by atoms with Crippen LogP contribution in [0.1, 0.15) is 34.6 Å². The number of hydrogen-bond donors (Lipinski definition) is 1. The van der Waals surface area contributed by atoms with E-state index < -0.39 is 0 Å². The van der Waals surface area contributed by atoms with Crippen LogP contribution in [0.15, 0.2) is 0 Å². The molecule has 4 nitrogen and oxygen atoms in total. The van der Waals surface area contributed by atoms with Gasteiger partial charge in [-0.3, -0.25) is 4.79 Å². The Bertz CT molecular complexity index is 291. The first-order valence-electron chi connectivity index (χ1n) is 6.35. The van der Waals surface area contributed by atoms with Gasteiger partial charge in [-0.05, 0) is 33.6 Å². The zero-order valence-electron chi connectivity index (χ0n) is 11.9. The Balaban J connectivity index is 2.83. The van der Waals surface area contributed by atoms with E-state index in [1.807, 2.05) is 34.7 Å². The molecule has 0 bridgehead atoms. The van der Waals surface area contributed by atoms with Crippen molar-refractivity contribution in [2.75, 3.05) is 13.6 Å². The molecule has 0 aliphatic carbocycles. The molecule has 1 rings (SSSR count). The van der Waals surface area contributed by atoms with E-state index in [9.17, 15) is 4.79 Å². The van der Waals surface area contributed by atoms with Crippen molar-refractivity contribution >= 4 is 5.91 Å². The third kappa shape index (κ3) is 2.63. The fraction of sp³-hybridized carbons (Fsp3) is 0.923. The van der Waals surface area contributed by atoms with Gasteiger partial charge in [-0.2, -0.15) is 0 Å². The van der Waals surface area contributed by atoms with Crippen LogP contribution in [0.25, 0.3) is 0 Å².